The highest BCUT2D eigenvalue weighted by atomic mass is 19.5. The molecule has 0 aromatic heterocycles. The van der Waals surface area contributed by atoms with E-state index in [1.165, 1.54) is 0 Å². The van der Waals surface area contributed by atoms with Gasteiger partial charge in [0.05, 0.1) is 0 Å². The molecule has 0 heterocycles. The highest BCUT2D eigenvalue weighted by molar-refractivity contribution is 5.33. The van der Waals surface area contributed by atoms with Crippen LogP contribution in [0.4, 0.5) is 220 Å². The highest BCUT2D eigenvalue weighted by Gasteiger charge is 3.10. The number of rotatable bonds is 18. The summed E-state index contributed by atoms with van der Waals surface area (Å²) in [6.45, 7) is 0. The van der Waals surface area contributed by atoms with Crippen LogP contribution in [0.2, 0.25) is 0 Å². The average Bonchev–Trinajstić information content (AvgIpc) is 3.10. The summed E-state index contributed by atoms with van der Waals surface area (Å²) in [4.78, 5) is 0. The molecule has 51 heteroatoms. The third kappa shape index (κ3) is 8.22. The summed E-state index contributed by atoms with van der Waals surface area (Å²) in [5.74, 6) is -187. The number of halogens is 50. The van der Waals surface area contributed by atoms with Gasteiger partial charge in [0, 0.05) is 0 Å². The molecule has 0 aromatic carbocycles. The van der Waals surface area contributed by atoms with Crippen molar-refractivity contribution in [2.24, 2.45) is 0 Å². The van der Waals surface area contributed by atoms with Crippen LogP contribution >= 0.6 is 0 Å². The van der Waals surface area contributed by atoms with Gasteiger partial charge in [0.1, 0.15) is 0 Å². The van der Waals surface area contributed by atoms with E-state index in [2.05, 4.69) is 0 Å². The van der Waals surface area contributed by atoms with Crippen molar-refractivity contribution in [2.45, 2.75) is 143 Å². The number of alkyl halides is 50. The molecule has 0 aromatic rings. The summed E-state index contributed by atoms with van der Waals surface area (Å²) in [5.41, 5.74) is -26.9. The Morgan fingerprint density at radius 2 is 0.200 bits per heavy atom. The van der Waals surface area contributed by atoms with E-state index in [4.69, 9.17) is 0 Å². The van der Waals surface area contributed by atoms with Crippen LogP contribution in [0.15, 0.2) is 0 Å². The Morgan fingerprint density at radius 3 is 0.307 bits per heavy atom. The van der Waals surface area contributed by atoms with E-state index >= 15 is 52.7 Å². The fourth-order valence-corrected chi connectivity index (χ4v) is 4.98. The minimum absolute atomic E-state index is 0.565. The Hall–Kier alpha value is -3.54. The van der Waals surface area contributed by atoms with Crippen molar-refractivity contribution in [3.8, 4) is 0 Å². The highest BCUT2D eigenvalue weighted by Crippen LogP contribution is 2.77. The quantitative estimate of drug-likeness (QED) is 0.124. The van der Waals surface area contributed by atoms with Gasteiger partial charge in [-0.3, -0.25) is 0 Å². The lowest BCUT2D eigenvalue weighted by atomic mass is 9.68. The third-order valence-corrected chi connectivity index (χ3v) is 9.04. The lowest BCUT2D eigenvalue weighted by molar-refractivity contribution is -0.573. The van der Waals surface area contributed by atoms with Gasteiger partial charge in [0.25, 0.3) is 11.2 Å². The van der Waals surface area contributed by atoms with Crippen molar-refractivity contribution in [2.75, 3.05) is 0 Å². The molecule has 0 saturated heterocycles. The van der Waals surface area contributed by atoms with Crippen LogP contribution in [0.1, 0.15) is 0 Å². The third-order valence-electron chi connectivity index (χ3n) is 9.04. The minimum Gasteiger partial charge on any atom is -0.332 e. The predicted octanol–water partition coefficient (Wildman–Crippen LogP) is 16.0. The predicted molar refractivity (Wildman–Crippen MR) is 122 cm³/mol. The number of hydrogen-bond acceptors (Lipinski definition) is 1. The number of hydrogen-bond donors (Lipinski definition) is 0. The lowest BCUT2D eigenvalue weighted by Crippen LogP contribution is -2.92. The fourth-order valence-electron chi connectivity index (χ4n) is 4.98. The smallest absolute Gasteiger partial charge is 0.332 e. The van der Waals surface area contributed by atoms with E-state index in [0.717, 1.165) is 0 Å². The molecule has 0 saturated carbocycles. The zero-order valence-corrected chi connectivity index (χ0v) is 31.3. The van der Waals surface area contributed by atoms with Crippen LogP contribution in [0.5, 0.6) is 0 Å². The van der Waals surface area contributed by atoms with Gasteiger partial charge in [-0.15, -0.1) is 0 Å². The maximum atomic E-state index is 15.7. The summed E-state index contributed by atoms with van der Waals surface area (Å²) in [6.07, 6.45) is -60.8. The first-order chi connectivity index (χ1) is 31.2. The van der Waals surface area contributed by atoms with Gasteiger partial charge < -0.3 is 4.74 Å². The fraction of sp³-hybridized carbons (Fsp3) is 1.00. The first-order valence-corrected chi connectivity index (χ1v) is 15.4. The molecule has 0 spiro atoms. The Kier molecular flexibility index (Phi) is 16.2. The van der Waals surface area contributed by atoms with Gasteiger partial charge >= 0.3 is 132 Å². The summed E-state index contributed by atoms with van der Waals surface area (Å²) in [6, 6.07) is 0. The lowest BCUT2D eigenvalue weighted by Gasteiger charge is -2.59. The second-order valence-corrected chi connectivity index (χ2v) is 13.6. The second-order valence-electron chi connectivity index (χ2n) is 13.6. The van der Waals surface area contributed by atoms with Crippen molar-refractivity contribution in [1.82, 2.24) is 0 Å². The van der Waals surface area contributed by atoms with E-state index in [0.29, 0.717) is 0 Å². The van der Waals surface area contributed by atoms with E-state index in [1.807, 2.05) is 0 Å². The van der Waals surface area contributed by atoms with Gasteiger partial charge in [-0.05, 0) is 0 Å². The molecule has 452 valence electrons. The van der Waals surface area contributed by atoms with Crippen LogP contribution in [0.3, 0.4) is 0 Å². The molecule has 2 unspecified atom stereocenters. The molecule has 0 rings (SSSR count). The summed E-state index contributed by atoms with van der Waals surface area (Å²) < 4.78 is 708. The molecule has 0 aliphatic rings. The zero-order valence-electron chi connectivity index (χ0n) is 31.3. The molecule has 0 N–H and O–H groups in total. The molecular formula is C24F50O. The van der Waals surface area contributed by atoms with Crippen molar-refractivity contribution >= 4 is 0 Å². The van der Waals surface area contributed by atoms with E-state index < -0.39 is 148 Å². The molecular weight excluding hydrogens is 1250 g/mol. The second kappa shape index (κ2) is 17.0. The Balaban J connectivity index is 12.1. The van der Waals surface area contributed by atoms with Crippen LogP contribution in [-0.4, -0.2) is 143 Å². The van der Waals surface area contributed by atoms with Gasteiger partial charge in [-0.2, -0.15) is 220 Å². The van der Waals surface area contributed by atoms with E-state index in [1.54, 1.807) is 0 Å². The van der Waals surface area contributed by atoms with Gasteiger partial charge in [-0.25, -0.2) is 0 Å². The zero-order chi connectivity index (χ0) is 62.7. The van der Waals surface area contributed by atoms with Crippen molar-refractivity contribution in [3.05, 3.63) is 0 Å². The van der Waals surface area contributed by atoms with Crippen LogP contribution < -0.4 is 0 Å². The largest absolute Gasteiger partial charge is 0.460 e. The SMILES string of the molecule is FC(F)(F)C(F)(F)C(F)(F)C(F)(F)C(F)(F)C(OC(C(F)(F)C(F)(F)F)(C(F)(F)C(F)(F)C(F)(F)C(F)(F)F)C(F)(F)C(F)(F)C(F)(F)C(F)(F)C(F)(F)F)(C(F)(F)C(F)(F)F)C(F)(F)C(F)(F)C(F)(F)C(F)(F)F. The summed E-state index contributed by atoms with van der Waals surface area (Å²) >= 11 is 0. The Bertz CT molecular complexity index is 1890. The monoisotopic (exact) mass is 1250 g/mol. The average molecular weight is 1250 g/mol. The maximum Gasteiger partial charge on any atom is 0.460 e. The van der Waals surface area contributed by atoms with Crippen LogP contribution in [0, 0.1) is 0 Å². The van der Waals surface area contributed by atoms with Crippen molar-refractivity contribution in [3.63, 3.8) is 0 Å². The molecule has 0 bridgehead atoms. The van der Waals surface area contributed by atoms with Crippen LogP contribution in [-0.2, 0) is 4.74 Å². The van der Waals surface area contributed by atoms with E-state index in [9.17, 15) is 167 Å². The van der Waals surface area contributed by atoms with Crippen molar-refractivity contribution < 1.29 is 224 Å². The van der Waals surface area contributed by atoms with Gasteiger partial charge in [-0.1, -0.05) is 0 Å². The number of ether oxygens (including phenoxy) is 1. The van der Waals surface area contributed by atoms with E-state index in [-0.39, 0.29) is 0 Å². The molecule has 0 fully saturated rings. The topological polar surface area (TPSA) is 9.23 Å². The van der Waals surface area contributed by atoms with Crippen molar-refractivity contribution in [1.29, 1.82) is 0 Å². The summed E-state index contributed by atoms with van der Waals surface area (Å²) in [5, 5.41) is 0. The van der Waals surface area contributed by atoms with Gasteiger partial charge in [0.2, 0.25) is 0 Å². The van der Waals surface area contributed by atoms with Gasteiger partial charge in [0.15, 0.2) is 0 Å². The molecule has 2 atom stereocenters. The minimum atomic E-state index is -13.5. The summed E-state index contributed by atoms with van der Waals surface area (Å²) in [7, 11) is 0. The molecule has 0 aliphatic carbocycles. The van der Waals surface area contributed by atoms with Crippen LogP contribution in [0.25, 0.3) is 0 Å². The maximum absolute atomic E-state index is 15.7. The molecule has 0 amide bonds. The normalized spacial score (nSPS) is 18.8. The standard InChI is InChI=1S/C24F50O/c25-3(26,9(37,38)13(45,46)17(53,54)23(69,70)71)1(7(33,34)19(57,58)59,5(29,30)11(41,42)15(49,50)21(63,64)65)75-2(8(35,36)20(60,61)62,6(31,32)12(43,44)16(51,52)22(66,67)68)4(27,28)10(39,40)14(47,48)18(55,56)24(72,73)74. The molecule has 75 heavy (non-hydrogen) atoms. The molecule has 0 aliphatic heterocycles. The molecule has 1 nitrogen and oxygen atoms in total. The Labute approximate surface area is 369 Å². The Morgan fingerprint density at radius 1 is 0.107 bits per heavy atom. The first-order valence-electron chi connectivity index (χ1n) is 15.4. The first kappa shape index (κ1) is 71.5. The molecule has 0 radical (unpaired) electrons.